The maximum Gasteiger partial charge on any atom is 0.303 e. The van der Waals surface area contributed by atoms with Crippen LogP contribution in [-0.4, -0.2) is 17.3 Å². The number of thiophene rings is 1. The molecule has 0 aliphatic heterocycles. The molecule has 0 spiro atoms. The molecule has 5 heteroatoms. The van der Waals surface area contributed by atoms with Crippen molar-refractivity contribution in [2.75, 3.05) is 0 Å². The van der Waals surface area contributed by atoms with E-state index in [-0.39, 0.29) is 12.8 Å². The molecule has 0 radical (unpaired) electrons. The van der Waals surface area contributed by atoms with Crippen LogP contribution >= 0.6 is 11.3 Å². The molecule has 3 rings (SSSR count). The van der Waals surface area contributed by atoms with Gasteiger partial charge in [-0.3, -0.25) is 4.79 Å². The van der Waals surface area contributed by atoms with E-state index in [4.69, 9.17) is 15.3 Å². The van der Waals surface area contributed by atoms with Gasteiger partial charge in [0.2, 0.25) is 0 Å². The van der Waals surface area contributed by atoms with Gasteiger partial charge in [0.15, 0.2) is 5.60 Å². The molecular weight excluding hydrogens is 322 g/mol. The topological polar surface area (TPSA) is 70.4 Å². The quantitative estimate of drug-likeness (QED) is 0.613. The number of carbonyl (C=O) groups is 1. The second-order valence-corrected chi connectivity index (χ2v) is 6.43. The van der Waals surface area contributed by atoms with Crippen molar-refractivity contribution in [3.63, 3.8) is 0 Å². The lowest BCUT2D eigenvalue weighted by molar-refractivity contribution is -0.137. The zero-order chi connectivity index (χ0) is 17.0. The molecule has 2 aromatic carbocycles. The van der Waals surface area contributed by atoms with Crippen molar-refractivity contribution in [2.45, 2.75) is 18.4 Å². The molecule has 122 valence electrons. The summed E-state index contributed by atoms with van der Waals surface area (Å²) >= 11 is 1.46. The van der Waals surface area contributed by atoms with Gasteiger partial charge in [0.05, 0.1) is 4.88 Å². The monoisotopic (exact) mass is 339 g/mol. The Labute approximate surface area is 143 Å². The van der Waals surface area contributed by atoms with Crippen molar-refractivity contribution in [1.29, 1.82) is 5.41 Å². The first-order valence-corrected chi connectivity index (χ1v) is 8.47. The fourth-order valence-corrected chi connectivity index (χ4v) is 3.55. The molecule has 1 heterocycles. The van der Waals surface area contributed by atoms with Gasteiger partial charge in [0, 0.05) is 24.4 Å². The third kappa shape index (κ3) is 3.16. The average molecular weight is 339 g/mol. The Bertz CT molecular complexity index is 855. The number of hydrogen-bond acceptors (Lipinski definition) is 4. The Morgan fingerprint density at radius 2 is 1.96 bits per heavy atom. The zero-order valence-corrected chi connectivity index (χ0v) is 13.8. The smallest absolute Gasteiger partial charge is 0.303 e. The number of fused-ring (bicyclic) bond motifs is 1. The number of hydrogen-bond donors (Lipinski definition) is 2. The molecular formula is C19H17NO3S. The lowest BCUT2D eigenvalue weighted by Gasteiger charge is -2.30. The summed E-state index contributed by atoms with van der Waals surface area (Å²) in [6.45, 7) is 0. The number of nitrogens with one attached hydrogen (secondary N) is 1. The molecule has 0 aliphatic carbocycles. The molecule has 0 amide bonds. The van der Waals surface area contributed by atoms with Crippen molar-refractivity contribution in [3.8, 4) is 5.75 Å². The summed E-state index contributed by atoms with van der Waals surface area (Å²) in [5.74, 6) is -0.255. The minimum atomic E-state index is -1.07. The first-order valence-electron chi connectivity index (χ1n) is 7.59. The van der Waals surface area contributed by atoms with Gasteiger partial charge >= 0.3 is 5.97 Å². The van der Waals surface area contributed by atoms with Gasteiger partial charge in [-0.2, -0.15) is 0 Å². The second kappa shape index (κ2) is 6.84. The van der Waals surface area contributed by atoms with E-state index < -0.39 is 11.6 Å². The van der Waals surface area contributed by atoms with E-state index in [0.717, 1.165) is 15.6 Å². The van der Waals surface area contributed by atoms with Crippen LogP contribution < -0.4 is 4.74 Å². The maximum atomic E-state index is 11.1. The molecule has 1 unspecified atom stereocenters. The van der Waals surface area contributed by atoms with Crippen molar-refractivity contribution in [3.05, 3.63) is 64.9 Å². The summed E-state index contributed by atoms with van der Waals surface area (Å²) in [6, 6.07) is 17.4. The summed E-state index contributed by atoms with van der Waals surface area (Å²) in [5.41, 5.74) is -1.07. The highest BCUT2D eigenvalue weighted by molar-refractivity contribution is 7.10. The molecule has 3 aromatic rings. The number of carboxylic acid groups (broad SMARTS) is 1. The molecule has 0 aliphatic rings. The van der Waals surface area contributed by atoms with Crippen LogP contribution in [0.3, 0.4) is 0 Å². The largest absolute Gasteiger partial charge is 0.481 e. The van der Waals surface area contributed by atoms with Crippen LogP contribution in [0.15, 0.2) is 60.0 Å². The summed E-state index contributed by atoms with van der Waals surface area (Å²) in [4.78, 5) is 11.9. The summed E-state index contributed by atoms with van der Waals surface area (Å²) in [7, 11) is 0. The van der Waals surface area contributed by atoms with Gasteiger partial charge in [-0.05, 0) is 22.9 Å². The highest BCUT2D eigenvalue weighted by Crippen LogP contribution is 2.37. The van der Waals surface area contributed by atoms with Gasteiger partial charge in [-0.25, -0.2) is 0 Å². The third-order valence-corrected chi connectivity index (χ3v) is 4.95. The Morgan fingerprint density at radius 3 is 2.67 bits per heavy atom. The van der Waals surface area contributed by atoms with E-state index >= 15 is 0 Å². The van der Waals surface area contributed by atoms with Crippen LogP contribution in [0, 0.1) is 5.41 Å². The van der Waals surface area contributed by atoms with Crippen LogP contribution in [-0.2, 0) is 10.4 Å². The Morgan fingerprint density at radius 1 is 1.17 bits per heavy atom. The van der Waals surface area contributed by atoms with Crippen LogP contribution in [0.4, 0.5) is 0 Å². The number of aliphatic carboxylic acids is 1. The van der Waals surface area contributed by atoms with Gasteiger partial charge in [-0.1, -0.05) is 42.5 Å². The van der Waals surface area contributed by atoms with E-state index in [1.165, 1.54) is 17.6 Å². The first-order chi connectivity index (χ1) is 11.6. The number of rotatable bonds is 7. The standard InChI is InChI=1S/C19H17NO3S/c20-13-19(11-10-18(21)22,17-9-4-12-24-17)23-16-8-3-6-14-5-1-2-7-15(14)16/h1-9,12-13,20H,10-11H2,(H,21,22). The maximum absolute atomic E-state index is 11.1. The fourth-order valence-electron chi connectivity index (χ4n) is 2.69. The zero-order valence-electron chi connectivity index (χ0n) is 12.9. The van der Waals surface area contributed by atoms with Crippen molar-refractivity contribution >= 4 is 34.3 Å². The van der Waals surface area contributed by atoms with Gasteiger partial charge in [0.1, 0.15) is 5.75 Å². The second-order valence-electron chi connectivity index (χ2n) is 5.48. The summed E-state index contributed by atoms with van der Waals surface area (Å²) in [5, 5.41) is 20.9. The number of carboxylic acids is 1. The molecule has 0 bridgehead atoms. The molecule has 1 atom stereocenters. The Kier molecular flexibility index (Phi) is 4.62. The lowest BCUT2D eigenvalue weighted by Crippen LogP contribution is -2.34. The van der Waals surface area contributed by atoms with Crippen LogP contribution in [0.25, 0.3) is 10.8 Å². The Balaban J connectivity index is 2.05. The highest BCUT2D eigenvalue weighted by atomic mass is 32.1. The van der Waals surface area contributed by atoms with Crippen molar-refractivity contribution < 1.29 is 14.6 Å². The van der Waals surface area contributed by atoms with Gasteiger partial charge < -0.3 is 15.3 Å². The van der Waals surface area contributed by atoms with Crippen LogP contribution in [0.5, 0.6) is 5.75 Å². The van der Waals surface area contributed by atoms with Gasteiger partial charge in [-0.15, -0.1) is 11.3 Å². The molecule has 0 fully saturated rings. The number of benzene rings is 2. The molecule has 0 saturated heterocycles. The lowest BCUT2D eigenvalue weighted by atomic mass is 9.96. The predicted molar refractivity (Wildman–Crippen MR) is 96.2 cm³/mol. The normalized spacial score (nSPS) is 13.3. The molecule has 4 nitrogen and oxygen atoms in total. The van der Waals surface area contributed by atoms with Crippen LogP contribution in [0.1, 0.15) is 17.7 Å². The van der Waals surface area contributed by atoms with E-state index in [2.05, 4.69) is 0 Å². The van der Waals surface area contributed by atoms with E-state index in [0.29, 0.717) is 5.75 Å². The predicted octanol–water partition coefficient (Wildman–Crippen LogP) is 4.69. The number of ether oxygens (including phenoxy) is 1. The van der Waals surface area contributed by atoms with E-state index in [9.17, 15) is 4.79 Å². The summed E-state index contributed by atoms with van der Waals surface area (Å²) in [6.07, 6.45) is 1.34. The summed E-state index contributed by atoms with van der Waals surface area (Å²) < 4.78 is 6.26. The highest BCUT2D eigenvalue weighted by Gasteiger charge is 2.34. The van der Waals surface area contributed by atoms with E-state index in [1.54, 1.807) is 0 Å². The minimum absolute atomic E-state index is 0.0714. The molecule has 0 saturated carbocycles. The fraction of sp³-hybridized carbons (Fsp3) is 0.158. The van der Waals surface area contributed by atoms with Gasteiger partial charge in [0.25, 0.3) is 0 Å². The average Bonchev–Trinajstić information content (AvgIpc) is 3.14. The SMILES string of the molecule is N=CC(CCC(=O)O)(Oc1cccc2ccccc12)c1cccs1. The molecule has 2 N–H and O–H groups in total. The molecule has 24 heavy (non-hydrogen) atoms. The third-order valence-electron chi connectivity index (χ3n) is 3.92. The molecule has 1 aromatic heterocycles. The van der Waals surface area contributed by atoms with Crippen LogP contribution in [0.2, 0.25) is 0 Å². The Hall–Kier alpha value is -2.66. The first kappa shape index (κ1) is 16.2. The van der Waals surface area contributed by atoms with E-state index in [1.807, 2.05) is 60.0 Å². The van der Waals surface area contributed by atoms with Crippen molar-refractivity contribution in [2.24, 2.45) is 0 Å². The van der Waals surface area contributed by atoms with Crippen molar-refractivity contribution in [1.82, 2.24) is 0 Å². The minimum Gasteiger partial charge on any atom is -0.481 e.